The predicted molar refractivity (Wildman–Crippen MR) is 79.8 cm³/mol. The van der Waals surface area contributed by atoms with Crippen LogP contribution >= 0.6 is 0 Å². The standard InChI is InChI=1S/C17H22FNO3/c18-11-4-3-5-13(8-11)22-10-12(20)9-19-17(21)16-14-6-1-2-7-15(14)16/h3-5,8,12,14-16,20H,1-2,6-7,9-10H2,(H,19,21). The molecule has 0 radical (unpaired) electrons. The maximum Gasteiger partial charge on any atom is 0.223 e. The average Bonchev–Trinajstić information content (AvgIpc) is 3.25. The zero-order valence-corrected chi connectivity index (χ0v) is 12.5. The van der Waals surface area contributed by atoms with Gasteiger partial charge in [-0.2, -0.15) is 0 Å². The Bertz CT molecular complexity index is 524. The number of hydrogen-bond acceptors (Lipinski definition) is 3. The third-order valence-electron chi connectivity index (χ3n) is 4.71. The largest absolute Gasteiger partial charge is 0.491 e. The first-order valence-electron chi connectivity index (χ1n) is 7.99. The number of aliphatic hydroxyl groups is 1. The van der Waals surface area contributed by atoms with Gasteiger partial charge in [-0.05, 0) is 36.8 Å². The molecule has 5 heteroatoms. The van der Waals surface area contributed by atoms with Gasteiger partial charge in [-0.3, -0.25) is 4.79 Å². The van der Waals surface area contributed by atoms with Gasteiger partial charge in [0.05, 0.1) is 0 Å². The van der Waals surface area contributed by atoms with Crippen LogP contribution in [0.5, 0.6) is 5.75 Å². The van der Waals surface area contributed by atoms with Crippen molar-refractivity contribution in [2.24, 2.45) is 17.8 Å². The summed E-state index contributed by atoms with van der Waals surface area (Å²) in [5.74, 6) is 1.33. The molecule has 1 amide bonds. The van der Waals surface area contributed by atoms with E-state index in [0.717, 1.165) is 12.8 Å². The van der Waals surface area contributed by atoms with Crippen LogP contribution in [-0.4, -0.2) is 30.3 Å². The normalized spacial score (nSPS) is 27.6. The molecule has 120 valence electrons. The molecule has 4 nitrogen and oxygen atoms in total. The first-order chi connectivity index (χ1) is 10.6. The first-order valence-corrected chi connectivity index (χ1v) is 7.99. The highest BCUT2D eigenvalue weighted by atomic mass is 19.1. The number of halogens is 1. The number of fused-ring (bicyclic) bond motifs is 1. The van der Waals surface area contributed by atoms with Crippen LogP contribution in [-0.2, 0) is 4.79 Å². The number of nitrogens with one attached hydrogen (secondary N) is 1. The summed E-state index contributed by atoms with van der Waals surface area (Å²) in [4.78, 5) is 12.1. The second kappa shape index (κ2) is 6.65. The highest BCUT2D eigenvalue weighted by Gasteiger charge is 2.54. The van der Waals surface area contributed by atoms with E-state index in [4.69, 9.17) is 4.74 Å². The van der Waals surface area contributed by atoms with Crippen molar-refractivity contribution < 1.29 is 19.0 Å². The lowest BCUT2D eigenvalue weighted by Gasteiger charge is -2.13. The van der Waals surface area contributed by atoms with Crippen LogP contribution in [0.1, 0.15) is 25.7 Å². The lowest BCUT2D eigenvalue weighted by Crippen LogP contribution is -2.36. The molecular formula is C17H22FNO3. The van der Waals surface area contributed by atoms with Gasteiger partial charge in [0, 0.05) is 18.5 Å². The van der Waals surface area contributed by atoms with Crippen LogP contribution in [0.4, 0.5) is 4.39 Å². The van der Waals surface area contributed by atoms with Crippen LogP contribution in [0.3, 0.4) is 0 Å². The van der Waals surface area contributed by atoms with E-state index in [0.29, 0.717) is 17.6 Å². The van der Waals surface area contributed by atoms with Crippen molar-refractivity contribution in [3.05, 3.63) is 30.1 Å². The van der Waals surface area contributed by atoms with Gasteiger partial charge in [0.2, 0.25) is 5.91 Å². The van der Waals surface area contributed by atoms with Gasteiger partial charge in [0.25, 0.3) is 0 Å². The molecule has 0 spiro atoms. The smallest absolute Gasteiger partial charge is 0.223 e. The fourth-order valence-electron chi connectivity index (χ4n) is 3.53. The Labute approximate surface area is 129 Å². The number of amides is 1. The summed E-state index contributed by atoms with van der Waals surface area (Å²) in [5, 5.41) is 12.7. The van der Waals surface area contributed by atoms with Gasteiger partial charge in [0.15, 0.2) is 0 Å². The fourth-order valence-corrected chi connectivity index (χ4v) is 3.53. The molecule has 0 bridgehead atoms. The van der Waals surface area contributed by atoms with E-state index in [9.17, 15) is 14.3 Å². The minimum atomic E-state index is -0.798. The van der Waals surface area contributed by atoms with Crippen LogP contribution in [0, 0.1) is 23.6 Å². The van der Waals surface area contributed by atoms with E-state index in [2.05, 4.69) is 5.32 Å². The Morgan fingerprint density at radius 2 is 2.09 bits per heavy atom. The molecular weight excluding hydrogens is 285 g/mol. The second-order valence-corrected chi connectivity index (χ2v) is 6.31. The molecule has 22 heavy (non-hydrogen) atoms. The van der Waals surface area contributed by atoms with Crippen LogP contribution < -0.4 is 10.1 Å². The third-order valence-corrected chi connectivity index (χ3v) is 4.71. The molecule has 2 N–H and O–H groups in total. The van der Waals surface area contributed by atoms with Gasteiger partial charge in [0.1, 0.15) is 24.3 Å². The molecule has 3 unspecified atom stereocenters. The van der Waals surface area contributed by atoms with Gasteiger partial charge < -0.3 is 15.2 Å². The molecule has 1 aromatic rings. The molecule has 0 aromatic heterocycles. The Balaban J connectivity index is 1.37. The number of hydrogen-bond donors (Lipinski definition) is 2. The van der Waals surface area contributed by atoms with E-state index >= 15 is 0 Å². The second-order valence-electron chi connectivity index (χ2n) is 6.31. The number of aliphatic hydroxyl groups excluding tert-OH is 1. The number of carbonyl (C=O) groups excluding carboxylic acids is 1. The van der Waals surface area contributed by atoms with E-state index in [-0.39, 0.29) is 30.8 Å². The summed E-state index contributed by atoms with van der Waals surface area (Å²) in [7, 11) is 0. The zero-order valence-electron chi connectivity index (χ0n) is 12.5. The third kappa shape index (κ3) is 3.58. The Kier molecular flexibility index (Phi) is 4.62. The number of benzene rings is 1. The molecule has 2 aliphatic carbocycles. The van der Waals surface area contributed by atoms with Gasteiger partial charge in [-0.15, -0.1) is 0 Å². The van der Waals surface area contributed by atoms with E-state index in [1.165, 1.54) is 25.0 Å². The lowest BCUT2D eigenvalue weighted by atomic mass is 10.0. The number of rotatable bonds is 6. The molecule has 0 aliphatic heterocycles. The zero-order chi connectivity index (χ0) is 15.5. The monoisotopic (exact) mass is 307 g/mol. The van der Waals surface area contributed by atoms with Crippen molar-refractivity contribution in [2.75, 3.05) is 13.2 Å². The lowest BCUT2D eigenvalue weighted by molar-refractivity contribution is -0.123. The van der Waals surface area contributed by atoms with Crippen molar-refractivity contribution in [2.45, 2.75) is 31.8 Å². The summed E-state index contributed by atoms with van der Waals surface area (Å²) < 4.78 is 18.3. The molecule has 2 aliphatic rings. The minimum Gasteiger partial charge on any atom is -0.491 e. The summed E-state index contributed by atoms with van der Waals surface area (Å²) in [6.45, 7) is 0.200. The van der Waals surface area contributed by atoms with Crippen molar-refractivity contribution in [3.8, 4) is 5.75 Å². The maximum atomic E-state index is 13.0. The Hall–Kier alpha value is -1.62. The highest BCUT2D eigenvalue weighted by Crippen LogP contribution is 2.55. The molecule has 2 fully saturated rings. The highest BCUT2D eigenvalue weighted by molar-refractivity contribution is 5.82. The van der Waals surface area contributed by atoms with E-state index in [1.54, 1.807) is 12.1 Å². The van der Waals surface area contributed by atoms with Crippen molar-refractivity contribution >= 4 is 5.91 Å². The summed E-state index contributed by atoms with van der Waals surface area (Å²) >= 11 is 0. The molecule has 3 rings (SSSR count). The SMILES string of the molecule is O=C(NCC(O)COc1cccc(F)c1)C1C2CCCCC21. The quantitative estimate of drug-likeness (QED) is 0.846. The van der Waals surface area contributed by atoms with E-state index < -0.39 is 6.10 Å². The molecule has 0 heterocycles. The number of carbonyl (C=O) groups is 1. The summed E-state index contributed by atoms with van der Waals surface area (Å²) in [6.07, 6.45) is 3.99. The number of ether oxygens (including phenoxy) is 1. The van der Waals surface area contributed by atoms with Gasteiger partial charge in [-0.1, -0.05) is 18.9 Å². The van der Waals surface area contributed by atoms with Crippen molar-refractivity contribution in [1.82, 2.24) is 5.32 Å². The van der Waals surface area contributed by atoms with Crippen molar-refractivity contribution in [1.29, 1.82) is 0 Å². The van der Waals surface area contributed by atoms with Crippen LogP contribution in [0.15, 0.2) is 24.3 Å². The minimum absolute atomic E-state index is 0.0290. The van der Waals surface area contributed by atoms with Crippen molar-refractivity contribution in [3.63, 3.8) is 0 Å². The van der Waals surface area contributed by atoms with Crippen LogP contribution in [0.2, 0.25) is 0 Å². The Morgan fingerprint density at radius 1 is 1.36 bits per heavy atom. The maximum absolute atomic E-state index is 13.0. The molecule has 1 aromatic carbocycles. The fraction of sp³-hybridized carbons (Fsp3) is 0.588. The van der Waals surface area contributed by atoms with Gasteiger partial charge >= 0.3 is 0 Å². The average molecular weight is 307 g/mol. The molecule has 2 saturated carbocycles. The first kappa shape index (κ1) is 15.3. The van der Waals surface area contributed by atoms with E-state index in [1.807, 2.05) is 0 Å². The van der Waals surface area contributed by atoms with Crippen LogP contribution in [0.25, 0.3) is 0 Å². The summed E-state index contributed by atoms with van der Waals surface area (Å²) in [6, 6.07) is 5.77. The Morgan fingerprint density at radius 3 is 2.77 bits per heavy atom. The summed E-state index contributed by atoms with van der Waals surface area (Å²) in [5.41, 5.74) is 0. The predicted octanol–water partition coefficient (Wildman–Crippen LogP) is 2.12. The van der Waals surface area contributed by atoms with Gasteiger partial charge in [-0.25, -0.2) is 4.39 Å². The molecule has 3 atom stereocenters. The molecule has 0 saturated heterocycles. The topological polar surface area (TPSA) is 58.6 Å².